The van der Waals surface area contributed by atoms with Crippen LogP contribution in [0, 0.1) is 46.3 Å². The Morgan fingerprint density at radius 1 is 0.704 bits per heavy atom. The molecule has 81 heavy (non-hydrogen) atoms. The Kier molecular flexibility index (Phi) is 27.2. The SMILES string of the molecule is CC(C)CCCC(C)C1CCC2C3CC=C4CC(OC(=O)NCCOCCOCCOCCOC(=O)NCCCCC5NC(=O)CNC(=O)C(CC(=O)O)NC(=O)CNC(=O)C(CCCN=C(N)N)NC5=O)CCC4(C)C3CCC12C. The van der Waals surface area contributed by atoms with Crippen LogP contribution in [0.3, 0.4) is 0 Å². The molecule has 0 spiro atoms. The lowest BCUT2D eigenvalue weighted by Gasteiger charge is -2.58. The molecule has 24 heteroatoms. The molecule has 3 saturated carbocycles. The Morgan fingerprint density at radius 3 is 2.01 bits per heavy atom. The molecule has 7 amide bonds. The summed E-state index contributed by atoms with van der Waals surface area (Å²) in [4.78, 5) is 105. The molecule has 458 valence electrons. The second-order valence-electron chi connectivity index (χ2n) is 23.7. The zero-order chi connectivity index (χ0) is 59.0. The molecule has 11 unspecified atom stereocenters. The highest BCUT2D eigenvalue weighted by molar-refractivity contribution is 5.97. The van der Waals surface area contributed by atoms with Crippen molar-refractivity contribution >= 4 is 53.7 Å². The van der Waals surface area contributed by atoms with Gasteiger partial charge in [-0.05, 0) is 123 Å². The predicted molar refractivity (Wildman–Crippen MR) is 301 cm³/mol. The number of ether oxygens (including phenoxy) is 5. The van der Waals surface area contributed by atoms with Gasteiger partial charge in [-0.2, -0.15) is 0 Å². The molecule has 1 heterocycles. The highest BCUT2D eigenvalue weighted by Crippen LogP contribution is 2.67. The number of alkyl carbamates (subject to hydrolysis) is 2. The summed E-state index contributed by atoms with van der Waals surface area (Å²) in [5, 5.41) is 26.7. The van der Waals surface area contributed by atoms with Gasteiger partial charge < -0.3 is 77.5 Å². The molecule has 0 bridgehead atoms. The first kappa shape index (κ1) is 66.1. The molecule has 1 aliphatic heterocycles. The van der Waals surface area contributed by atoms with E-state index in [1.54, 1.807) is 0 Å². The average molecular weight is 1150 g/mol. The van der Waals surface area contributed by atoms with Crippen molar-refractivity contribution in [3.63, 3.8) is 0 Å². The van der Waals surface area contributed by atoms with E-state index in [2.05, 4.69) is 82.9 Å². The number of carbonyl (C=O) groups excluding carboxylic acids is 7. The van der Waals surface area contributed by atoms with Crippen LogP contribution in [-0.2, 0) is 52.5 Å². The van der Waals surface area contributed by atoms with Crippen molar-refractivity contribution in [2.45, 2.75) is 168 Å². The van der Waals surface area contributed by atoms with Crippen molar-refractivity contribution in [1.29, 1.82) is 0 Å². The minimum Gasteiger partial charge on any atom is -0.481 e. The summed E-state index contributed by atoms with van der Waals surface area (Å²) in [5.41, 5.74) is 12.9. The number of fused-ring (bicyclic) bond motifs is 5. The Hall–Kier alpha value is -5.75. The van der Waals surface area contributed by atoms with Crippen LogP contribution in [0.2, 0.25) is 0 Å². The number of nitrogens with zero attached hydrogens (tertiary/aromatic N) is 1. The number of hydrogen-bond donors (Lipinski definition) is 10. The number of allylic oxidation sites excluding steroid dienone is 1. The summed E-state index contributed by atoms with van der Waals surface area (Å²) >= 11 is 0. The monoisotopic (exact) mass is 1140 g/mol. The fourth-order valence-electron chi connectivity index (χ4n) is 13.4. The normalized spacial score (nSPS) is 28.3. The topological polar surface area (TPSA) is 352 Å². The highest BCUT2D eigenvalue weighted by atomic mass is 16.6. The maximum atomic E-state index is 13.5. The maximum absolute atomic E-state index is 13.5. The largest absolute Gasteiger partial charge is 0.481 e. The zero-order valence-electron chi connectivity index (χ0n) is 48.7. The quantitative estimate of drug-likeness (QED) is 0.0222. The lowest BCUT2D eigenvalue weighted by atomic mass is 9.47. The van der Waals surface area contributed by atoms with Gasteiger partial charge in [0.25, 0.3) is 0 Å². The van der Waals surface area contributed by atoms with Crippen LogP contribution in [0.15, 0.2) is 16.6 Å². The second kappa shape index (κ2) is 33.4. The van der Waals surface area contributed by atoms with Gasteiger partial charge in [0.05, 0.1) is 59.2 Å². The fraction of sp³-hybridized carbons (Fsp3) is 0.807. The van der Waals surface area contributed by atoms with E-state index in [0.29, 0.717) is 51.2 Å². The van der Waals surface area contributed by atoms with Gasteiger partial charge >= 0.3 is 18.2 Å². The summed E-state index contributed by atoms with van der Waals surface area (Å²) in [7, 11) is 0. The van der Waals surface area contributed by atoms with Crippen molar-refractivity contribution in [2.24, 2.45) is 62.8 Å². The van der Waals surface area contributed by atoms with Crippen LogP contribution < -0.4 is 48.7 Å². The van der Waals surface area contributed by atoms with Crippen LogP contribution in [-0.4, -0.2) is 162 Å². The molecule has 4 aliphatic carbocycles. The van der Waals surface area contributed by atoms with E-state index < -0.39 is 85.3 Å². The number of amides is 7. The van der Waals surface area contributed by atoms with Gasteiger partial charge in [0.2, 0.25) is 29.5 Å². The third kappa shape index (κ3) is 21.2. The number of hydrogen-bond acceptors (Lipinski definition) is 14. The third-order valence-corrected chi connectivity index (χ3v) is 17.5. The number of nitrogens with one attached hydrogen (secondary N) is 7. The first-order valence-electron chi connectivity index (χ1n) is 29.7. The number of rotatable bonds is 29. The number of aliphatic carboxylic acids is 1. The van der Waals surface area contributed by atoms with Crippen molar-refractivity contribution in [3.8, 4) is 0 Å². The number of aliphatic imine (C=N–C) groups is 1. The van der Waals surface area contributed by atoms with Crippen LogP contribution in [0.4, 0.5) is 9.59 Å². The molecule has 5 rings (SSSR count). The van der Waals surface area contributed by atoms with E-state index >= 15 is 0 Å². The summed E-state index contributed by atoms with van der Waals surface area (Å²) in [6, 6.07) is -3.94. The number of guanidine groups is 1. The Balaban J connectivity index is 0.892. The second-order valence-corrected chi connectivity index (χ2v) is 23.7. The van der Waals surface area contributed by atoms with E-state index in [-0.39, 0.29) is 69.7 Å². The fourth-order valence-corrected chi connectivity index (χ4v) is 13.4. The van der Waals surface area contributed by atoms with Gasteiger partial charge in [-0.15, -0.1) is 0 Å². The summed E-state index contributed by atoms with van der Waals surface area (Å²) < 4.78 is 27.8. The molecule has 12 N–H and O–H groups in total. The number of nitrogens with two attached hydrogens (primary N) is 2. The smallest absolute Gasteiger partial charge is 0.407 e. The molecule has 0 radical (unpaired) electrons. The molecule has 24 nitrogen and oxygen atoms in total. The number of carboxylic acids is 1. The number of carbonyl (C=O) groups is 8. The molecule has 5 aliphatic rings. The van der Waals surface area contributed by atoms with Gasteiger partial charge in [0.15, 0.2) is 5.96 Å². The van der Waals surface area contributed by atoms with Crippen LogP contribution in [0.25, 0.3) is 0 Å². The van der Waals surface area contributed by atoms with Crippen molar-refractivity contribution < 1.29 is 67.1 Å². The van der Waals surface area contributed by atoms with Crippen molar-refractivity contribution in [1.82, 2.24) is 37.2 Å². The number of unbranched alkanes of at least 4 members (excludes halogenated alkanes) is 1. The molecule has 4 fully saturated rings. The van der Waals surface area contributed by atoms with E-state index in [1.807, 2.05) is 0 Å². The minimum atomic E-state index is -1.55. The van der Waals surface area contributed by atoms with E-state index in [1.165, 1.54) is 56.9 Å². The molecule has 1 saturated heterocycles. The van der Waals surface area contributed by atoms with Crippen molar-refractivity contribution in [2.75, 3.05) is 79.0 Å². The van der Waals surface area contributed by atoms with Crippen LogP contribution >= 0.6 is 0 Å². The zero-order valence-corrected chi connectivity index (χ0v) is 48.7. The van der Waals surface area contributed by atoms with Gasteiger partial charge in [-0.25, -0.2) is 9.59 Å². The summed E-state index contributed by atoms with van der Waals surface area (Å²) in [6.45, 7) is 13.3. The van der Waals surface area contributed by atoms with E-state index in [9.17, 15) is 43.5 Å². The molecule has 0 aromatic heterocycles. The molecule has 0 aromatic rings. The van der Waals surface area contributed by atoms with Gasteiger partial charge in [-0.3, -0.25) is 33.8 Å². The Morgan fingerprint density at radius 2 is 1.33 bits per heavy atom. The van der Waals surface area contributed by atoms with Gasteiger partial charge in [0.1, 0.15) is 30.8 Å². The Bertz CT molecular complexity index is 2160. The number of carboxylic acid groups (broad SMARTS) is 1. The van der Waals surface area contributed by atoms with Crippen LogP contribution in [0.1, 0.15) is 144 Å². The molecular formula is C57H96N10O14. The lowest BCUT2D eigenvalue weighted by molar-refractivity contribution is -0.140. The van der Waals surface area contributed by atoms with Gasteiger partial charge in [-0.1, -0.05) is 65.5 Å². The lowest BCUT2D eigenvalue weighted by Crippen LogP contribution is -2.55. The van der Waals surface area contributed by atoms with Crippen molar-refractivity contribution in [3.05, 3.63) is 11.6 Å². The first-order valence-corrected chi connectivity index (χ1v) is 29.7. The highest BCUT2D eigenvalue weighted by Gasteiger charge is 2.59. The molecule has 0 aromatic carbocycles. The average Bonchev–Trinajstić information content (AvgIpc) is 4.08. The molecule has 11 atom stereocenters. The van der Waals surface area contributed by atoms with E-state index in [4.69, 9.17) is 35.2 Å². The third-order valence-electron chi connectivity index (χ3n) is 17.5. The van der Waals surface area contributed by atoms with Gasteiger partial charge in [0, 0.05) is 26.1 Å². The first-order chi connectivity index (χ1) is 38.7. The predicted octanol–water partition coefficient (Wildman–Crippen LogP) is 3.30. The maximum Gasteiger partial charge on any atom is 0.407 e. The minimum absolute atomic E-state index is 0.0190. The summed E-state index contributed by atoms with van der Waals surface area (Å²) in [6.07, 6.45) is 15.0. The van der Waals surface area contributed by atoms with E-state index in [0.717, 1.165) is 54.8 Å². The summed E-state index contributed by atoms with van der Waals surface area (Å²) in [5.74, 6) is -0.958. The standard InChI is InChI=1S/C57H96N10O14/c1-36(2)10-8-11-37(3)41-16-17-42-40-15-14-38-32-39(18-20-56(38,4)43(40)19-21-57(41,42)5)81-55(76)62-24-25-77-26-27-78-28-29-79-30-31-80-54(75)61-22-7-6-12-45-52(74)67-44(13-9-23-60-53(58)59)50(72)63-35-48(69)66-46(33-49(70)71)51(73)64-34-47(68)65-45/h14,36-37,39-46H,6-13,15-35H2,1-5H3,(H,61,75)(H,62,76)(H,63,72)(H,64,73)(H,65,68)(H,66,69)(H,67,74)(H,70,71)(H4,58,59,60). The van der Waals surface area contributed by atoms with Crippen LogP contribution in [0.5, 0.6) is 0 Å². The Labute approximate surface area is 478 Å². The molecular weight excluding hydrogens is 1050 g/mol.